The summed E-state index contributed by atoms with van der Waals surface area (Å²) in [5.74, 6) is 0.575. The number of hydrogen-bond donors (Lipinski definition) is 2. The summed E-state index contributed by atoms with van der Waals surface area (Å²) in [4.78, 5) is 13.5. The van der Waals surface area contributed by atoms with Crippen LogP contribution < -0.4 is 5.73 Å². The van der Waals surface area contributed by atoms with Gasteiger partial charge in [0.05, 0.1) is 13.1 Å². The second kappa shape index (κ2) is 3.70. The molecule has 0 aromatic carbocycles. The first-order valence-corrected chi connectivity index (χ1v) is 6.09. The largest absolute Gasteiger partial charge is 0.386 e. The van der Waals surface area contributed by atoms with E-state index in [-0.39, 0.29) is 11.4 Å². The lowest BCUT2D eigenvalue weighted by molar-refractivity contribution is -0.159. The minimum Gasteiger partial charge on any atom is -0.386 e. The SMILES string of the molecule is CC(C)(N)CCC(=O)N1CC(O)(C2CC2)C1. The molecule has 1 aliphatic heterocycles. The van der Waals surface area contributed by atoms with Crippen molar-refractivity contribution in [2.24, 2.45) is 11.7 Å². The second-order valence-electron chi connectivity index (χ2n) is 6.12. The van der Waals surface area contributed by atoms with Crippen molar-refractivity contribution >= 4 is 5.91 Å². The van der Waals surface area contributed by atoms with Crippen LogP contribution in [-0.2, 0) is 4.79 Å². The average Bonchev–Trinajstić information content (AvgIpc) is 2.90. The molecule has 2 aliphatic rings. The van der Waals surface area contributed by atoms with Crippen LogP contribution in [0.15, 0.2) is 0 Å². The molecular formula is C12H22N2O2. The molecule has 1 aliphatic carbocycles. The van der Waals surface area contributed by atoms with E-state index in [2.05, 4.69) is 0 Å². The first kappa shape index (κ1) is 11.9. The number of aliphatic hydroxyl groups is 1. The van der Waals surface area contributed by atoms with Crippen LogP contribution in [0, 0.1) is 5.92 Å². The molecule has 3 N–H and O–H groups in total. The van der Waals surface area contributed by atoms with Gasteiger partial charge in [-0.15, -0.1) is 0 Å². The van der Waals surface area contributed by atoms with E-state index in [1.165, 1.54) is 0 Å². The molecular weight excluding hydrogens is 204 g/mol. The van der Waals surface area contributed by atoms with Gasteiger partial charge >= 0.3 is 0 Å². The minimum atomic E-state index is -0.562. The van der Waals surface area contributed by atoms with Gasteiger partial charge in [0, 0.05) is 12.0 Å². The normalized spacial score (nSPS) is 24.1. The molecule has 0 atom stereocenters. The molecule has 0 aromatic heterocycles. The lowest BCUT2D eigenvalue weighted by atomic mass is 9.88. The predicted octanol–water partition coefficient (Wildman–Crippen LogP) is 0.487. The van der Waals surface area contributed by atoms with Gasteiger partial charge in [-0.05, 0) is 39.0 Å². The highest BCUT2D eigenvalue weighted by molar-refractivity contribution is 5.77. The number of carbonyl (C=O) groups excluding carboxylic acids is 1. The Balaban J connectivity index is 1.72. The van der Waals surface area contributed by atoms with Crippen LogP contribution in [0.4, 0.5) is 0 Å². The molecule has 1 saturated carbocycles. The van der Waals surface area contributed by atoms with Gasteiger partial charge in [-0.1, -0.05) is 0 Å². The maximum absolute atomic E-state index is 11.8. The van der Waals surface area contributed by atoms with E-state index < -0.39 is 5.60 Å². The van der Waals surface area contributed by atoms with Crippen LogP contribution in [0.5, 0.6) is 0 Å². The molecule has 2 rings (SSSR count). The number of nitrogens with zero attached hydrogens (tertiary/aromatic N) is 1. The van der Waals surface area contributed by atoms with E-state index in [1.54, 1.807) is 4.90 Å². The molecule has 4 nitrogen and oxygen atoms in total. The van der Waals surface area contributed by atoms with Gasteiger partial charge in [0.25, 0.3) is 0 Å². The van der Waals surface area contributed by atoms with E-state index in [0.717, 1.165) is 12.8 Å². The maximum atomic E-state index is 11.8. The molecule has 4 heteroatoms. The van der Waals surface area contributed by atoms with Crippen LogP contribution in [0.1, 0.15) is 39.5 Å². The highest BCUT2D eigenvalue weighted by atomic mass is 16.3. The van der Waals surface area contributed by atoms with Crippen LogP contribution in [0.2, 0.25) is 0 Å². The fraction of sp³-hybridized carbons (Fsp3) is 0.917. The van der Waals surface area contributed by atoms with Gasteiger partial charge in [0.2, 0.25) is 5.91 Å². The third-order valence-corrected chi connectivity index (χ3v) is 3.60. The van der Waals surface area contributed by atoms with Gasteiger partial charge in [0.1, 0.15) is 5.60 Å². The molecule has 2 fully saturated rings. The van der Waals surface area contributed by atoms with E-state index in [4.69, 9.17) is 5.73 Å². The van der Waals surface area contributed by atoms with E-state index in [1.807, 2.05) is 13.8 Å². The molecule has 1 saturated heterocycles. The molecule has 0 radical (unpaired) electrons. The molecule has 0 spiro atoms. The Morgan fingerprint density at radius 3 is 2.50 bits per heavy atom. The number of likely N-dealkylation sites (tertiary alicyclic amines) is 1. The van der Waals surface area contributed by atoms with Crippen molar-refractivity contribution in [1.29, 1.82) is 0 Å². The van der Waals surface area contributed by atoms with Gasteiger partial charge in [-0.25, -0.2) is 0 Å². The summed E-state index contributed by atoms with van der Waals surface area (Å²) < 4.78 is 0. The van der Waals surface area contributed by atoms with Crippen molar-refractivity contribution in [3.63, 3.8) is 0 Å². The third kappa shape index (κ3) is 2.55. The number of β-amino-alcohol motifs (C(OH)–C–C–N with tert-alkyl or cyclic N) is 1. The van der Waals surface area contributed by atoms with Gasteiger partial charge in [0.15, 0.2) is 0 Å². The van der Waals surface area contributed by atoms with Crippen molar-refractivity contribution in [3.8, 4) is 0 Å². The van der Waals surface area contributed by atoms with Crippen molar-refractivity contribution in [2.45, 2.75) is 50.7 Å². The zero-order valence-corrected chi connectivity index (χ0v) is 10.2. The van der Waals surface area contributed by atoms with E-state index in [9.17, 15) is 9.90 Å². The first-order valence-electron chi connectivity index (χ1n) is 6.09. The fourth-order valence-electron chi connectivity index (χ4n) is 2.26. The Morgan fingerprint density at radius 1 is 1.50 bits per heavy atom. The Labute approximate surface area is 96.8 Å². The van der Waals surface area contributed by atoms with Crippen LogP contribution in [0.25, 0.3) is 0 Å². The Kier molecular flexibility index (Phi) is 2.75. The standard InChI is InChI=1S/C12H22N2O2/c1-11(2,13)6-5-10(15)14-7-12(16,8-14)9-3-4-9/h9,16H,3-8,13H2,1-2H3. The number of nitrogens with two attached hydrogens (primary N) is 1. The molecule has 0 unspecified atom stereocenters. The number of rotatable bonds is 4. The second-order valence-corrected chi connectivity index (χ2v) is 6.12. The Bertz CT molecular complexity index is 286. The molecule has 1 heterocycles. The summed E-state index contributed by atoms with van der Waals surface area (Å²) in [6, 6.07) is 0. The average molecular weight is 226 g/mol. The fourth-order valence-corrected chi connectivity index (χ4v) is 2.26. The summed E-state index contributed by atoms with van der Waals surface area (Å²) in [6.07, 6.45) is 3.43. The summed E-state index contributed by atoms with van der Waals surface area (Å²) in [5, 5.41) is 10.1. The number of amides is 1. The highest BCUT2D eigenvalue weighted by Crippen LogP contribution is 2.44. The molecule has 0 bridgehead atoms. The van der Waals surface area contributed by atoms with Gasteiger partial charge in [-0.3, -0.25) is 4.79 Å². The smallest absolute Gasteiger partial charge is 0.222 e. The van der Waals surface area contributed by atoms with Crippen molar-refractivity contribution in [1.82, 2.24) is 4.90 Å². The van der Waals surface area contributed by atoms with Crippen LogP contribution in [0.3, 0.4) is 0 Å². The maximum Gasteiger partial charge on any atom is 0.222 e. The Hall–Kier alpha value is -0.610. The van der Waals surface area contributed by atoms with Crippen molar-refractivity contribution in [2.75, 3.05) is 13.1 Å². The molecule has 92 valence electrons. The van der Waals surface area contributed by atoms with E-state index in [0.29, 0.717) is 31.8 Å². The van der Waals surface area contributed by atoms with Crippen molar-refractivity contribution in [3.05, 3.63) is 0 Å². The predicted molar refractivity (Wildman–Crippen MR) is 61.8 cm³/mol. The molecule has 16 heavy (non-hydrogen) atoms. The number of hydrogen-bond acceptors (Lipinski definition) is 3. The minimum absolute atomic E-state index is 0.129. The lowest BCUT2D eigenvalue weighted by Crippen LogP contribution is -2.64. The first-order chi connectivity index (χ1) is 7.30. The summed E-state index contributed by atoms with van der Waals surface area (Å²) in [5.41, 5.74) is 4.99. The van der Waals surface area contributed by atoms with Crippen molar-refractivity contribution < 1.29 is 9.90 Å². The van der Waals surface area contributed by atoms with Gasteiger partial charge in [-0.2, -0.15) is 0 Å². The zero-order chi connectivity index (χ0) is 12.0. The number of carbonyl (C=O) groups is 1. The quantitative estimate of drug-likeness (QED) is 0.733. The Morgan fingerprint density at radius 2 is 2.06 bits per heavy atom. The monoisotopic (exact) mass is 226 g/mol. The summed E-state index contributed by atoms with van der Waals surface area (Å²) in [6.45, 7) is 4.91. The molecule has 1 amide bonds. The van der Waals surface area contributed by atoms with E-state index >= 15 is 0 Å². The summed E-state index contributed by atoms with van der Waals surface area (Å²) >= 11 is 0. The lowest BCUT2D eigenvalue weighted by Gasteiger charge is -2.47. The third-order valence-electron chi connectivity index (χ3n) is 3.60. The van der Waals surface area contributed by atoms with Gasteiger partial charge < -0.3 is 15.7 Å². The van der Waals surface area contributed by atoms with Crippen LogP contribution in [-0.4, -0.2) is 40.1 Å². The zero-order valence-electron chi connectivity index (χ0n) is 10.2. The topological polar surface area (TPSA) is 66.6 Å². The molecule has 0 aromatic rings. The summed E-state index contributed by atoms with van der Waals surface area (Å²) in [7, 11) is 0. The van der Waals surface area contributed by atoms with Crippen LogP contribution >= 0.6 is 0 Å². The highest BCUT2D eigenvalue weighted by Gasteiger charge is 2.53.